The molecule has 1 N–H and O–H groups in total. The van der Waals surface area contributed by atoms with Gasteiger partial charge in [-0.3, -0.25) is 4.72 Å². The van der Waals surface area contributed by atoms with Gasteiger partial charge in [-0.1, -0.05) is 0 Å². The quantitative estimate of drug-likeness (QED) is 0.540. The van der Waals surface area contributed by atoms with Crippen molar-refractivity contribution < 1.29 is 41.9 Å². The van der Waals surface area contributed by atoms with Gasteiger partial charge in [0.2, 0.25) is 10.0 Å². The molecule has 1 aromatic heterocycles. The van der Waals surface area contributed by atoms with Gasteiger partial charge in [-0.05, 0) is 6.07 Å². The van der Waals surface area contributed by atoms with Crippen LogP contribution in [0.1, 0.15) is 0 Å². The fourth-order valence-electron chi connectivity index (χ4n) is 0.862. The number of halogens is 1. The number of nitrogens with one attached hydrogen (secondary N) is 1. The van der Waals surface area contributed by atoms with E-state index in [2.05, 4.69) is 4.72 Å². The second-order valence-corrected chi connectivity index (χ2v) is 5.51. The third-order valence-corrected chi connectivity index (χ3v) is 1.85. The summed E-state index contributed by atoms with van der Waals surface area (Å²) < 4.78 is 59.7. The monoisotopic (exact) mass is 286 g/mol. The van der Waals surface area contributed by atoms with Gasteiger partial charge in [0.1, 0.15) is 12.7 Å². The molecule has 1 aromatic rings. The summed E-state index contributed by atoms with van der Waals surface area (Å²) in [5.74, 6) is 0. The van der Waals surface area contributed by atoms with Crippen LogP contribution in [0.2, 0.25) is 0 Å². The number of hydrogen-bond donors (Lipinski definition) is 1. The van der Waals surface area contributed by atoms with E-state index in [0.717, 1.165) is 6.26 Å². The van der Waals surface area contributed by atoms with Crippen LogP contribution >= 0.6 is 0 Å². The molecule has 0 atom stereocenters. The molecule has 0 aliphatic carbocycles. The Bertz CT molecular complexity index is 452. The van der Waals surface area contributed by atoms with Crippen molar-refractivity contribution in [3.8, 4) is 0 Å². The van der Waals surface area contributed by atoms with Crippen LogP contribution in [-0.4, -0.2) is 14.7 Å². The van der Waals surface area contributed by atoms with Gasteiger partial charge in [0.05, 0.1) is 6.26 Å². The first-order chi connectivity index (χ1) is 7.47. The van der Waals surface area contributed by atoms with E-state index in [9.17, 15) is 8.42 Å². The molecule has 0 fully saturated rings. The molecule has 0 bridgehead atoms. The number of hydrogen-bond acceptors (Lipinski definition) is 6. The molecule has 0 aromatic carbocycles. The molecule has 0 unspecified atom stereocenters. The second-order valence-electron chi connectivity index (χ2n) is 3.01. The van der Waals surface area contributed by atoms with Gasteiger partial charge in [0.15, 0.2) is 12.4 Å². The predicted molar refractivity (Wildman–Crippen MR) is 46.1 cm³/mol. The third kappa shape index (κ3) is 13.0. The Hall–Kier alpha value is -0.970. The standard InChI is InChI=1S/C7H11N2O2S.ClHO4/c1-9-5-3-4-7(6-9)8-12(2,10)11;2-1(3,4)5/h3-6,8H,1-2H3;(H,2,3,4,5)/q+1;/p-1. The van der Waals surface area contributed by atoms with E-state index in [1.165, 1.54) is 0 Å². The maximum Gasteiger partial charge on any atom is 0.230 e. The van der Waals surface area contributed by atoms with E-state index < -0.39 is 20.3 Å². The molecule has 0 saturated heterocycles. The number of nitrogens with zero attached hydrogens (tertiary/aromatic N) is 1. The van der Waals surface area contributed by atoms with E-state index in [0.29, 0.717) is 5.69 Å². The Morgan fingerprint density at radius 3 is 2.12 bits per heavy atom. The molecule has 17 heavy (non-hydrogen) atoms. The van der Waals surface area contributed by atoms with Crippen molar-refractivity contribution in [2.75, 3.05) is 11.0 Å². The fourth-order valence-corrected chi connectivity index (χ4v) is 1.41. The van der Waals surface area contributed by atoms with Crippen molar-refractivity contribution in [3.63, 3.8) is 0 Å². The summed E-state index contributed by atoms with van der Waals surface area (Å²) in [6.45, 7) is 0. The van der Waals surface area contributed by atoms with E-state index in [1.807, 2.05) is 13.2 Å². The molecule has 0 aliphatic rings. The average molecular weight is 287 g/mol. The predicted octanol–water partition coefficient (Wildman–Crippen LogP) is -4.87. The van der Waals surface area contributed by atoms with Crippen molar-refractivity contribution in [1.29, 1.82) is 0 Å². The topological polar surface area (TPSA) is 142 Å². The number of aromatic nitrogens is 1. The van der Waals surface area contributed by atoms with Gasteiger partial charge >= 0.3 is 0 Å². The number of aryl methyl sites for hydroxylation is 1. The van der Waals surface area contributed by atoms with E-state index >= 15 is 0 Å². The summed E-state index contributed by atoms with van der Waals surface area (Å²) in [6.07, 6.45) is 4.65. The van der Waals surface area contributed by atoms with Crippen molar-refractivity contribution in [1.82, 2.24) is 0 Å². The first-order valence-electron chi connectivity index (χ1n) is 4.02. The van der Waals surface area contributed by atoms with Crippen LogP contribution in [0.15, 0.2) is 24.5 Å². The van der Waals surface area contributed by atoms with Crippen LogP contribution in [0.3, 0.4) is 0 Å². The smallest absolute Gasteiger partial charge is 0.230 e. The highest BCUT2D eigenvalue weighted by atomic mass is 35.7. The Kier molecular flexibility index (Phi) is 5.75. The summed E-state index contributed by atoms with van der Waals surface area (Å²) in [5.41, 5.74) is 0.572. The summed E-state index contributed by atoms with van der Waals surface area (Å²) in [4.78, 5) is 0. The number of anilines is 1. The van der Waals surface area contributed by atoms with Crippen molar-refractivity contribution >= 4 is 15.7 Å². The summed E-state index contributed by atoms with van der Waals surface area (Å²) in [5, 5.41) is 0. The maximum absolute atomic E-state index is 10.8. The van der Waals surface area contributed by atoms with E-state index in [1.54, 1.807) is 22.9 Å². The van der Waals surface area contributed by atoms with Gasteiger partial charge in [-0.15, -0.1) is 10.2 Å². The number of sulfonamides is 1. The van der Waals surface area contributed by atoms with Gasteiger partial charge < -0.3 is 0 Å². The Labute approximate surface area is 101 Å². The minimum atomic E-state index is -4.94. The third-order valence-electron chi connectivity index (χ3n) is 1.24. The van der Waals surface area contributed by atoms with Crippen LogP contribution in [0, 0.1) is 10.2 Å². The molecule has 1 heterocycles. The minimum absolute atomic E-state index is 0.572. The Morgan fingerprint density at radius 1 is 1.29 bits per heavy atom. The molecular formula is C7H11ClN2O6S. The average Bonchev–Trinajstić information content (AvgIpc) is 1.96. The minimum Gasteiger partial charge on any atom is -0.278 e. The van der Waals surface area contributed by atoms with Crippen LogP contribution in [0.25, 0.3) is 0 Å². The zero-order valence-electron chi connectivity index (χ0n) is 8.99. The summed E-state index contributed by atoms with van der Waals surface area (Å²) in [7, 11) is -6.27. The highest BCUT2D eigenvalue weighted by Crippen LogP contribution is 2.02. The lowest BCUT2D eigenvalue weighted by molar-refractivity contribution is -2.00. The lowest BCUT2D eigenvalue weighted by Crippen LogP contribution is -2.68. The summed E-state index contributed by atoms with van der Waals surface area (Å²) in [6, 6.07) is 3.47. The van der Waals surface area contributed by atoms with Crippen LogP contribution in [0.5, 0.6) is 0 Å². The van der Waals surface area contributed by atoms with Crippen LogP contribution < -0.4 is 27.9 Å². The highest BCUT2D eigenvalue weighted by Gasteiger charge is 2.03. The maximum atomic E-state index is 10.8. The molecule has 0 aliphatic heterocycles. The number of pyridine rings is 1. The summed E-state index contributed by atoms with van der Waals surface area (Å²) >= 11 is 0. The van der Waals surface area contributed by atoms with Gasteiger partial charge in [0.25, 0.3) is 0 Å². The molecule has 0 spiro atoms. The highest BCUT2D eigenvalue weighted by molar-refractivity contribution is 7.92. The number of rotatable bonds is 2. The zero-order valence-corrected chi connectivity index (χ0v) is 10.6. The molecule has 0 saturated carbocycles. The molecule has 10 heteroatoms. The lowest BCUT2D eigenvalue weighted by atomic mass is 10.4. The molecule has 1 rings (SSSR count). The molecular weight excluding hydrogens is 276 g/mol. The molecule has 0 amide bonds. The van der Waals surface area contributed by atoms with Crippen molar-refractivity contribution in [3.05, 3.63) is 24.5 Å². The van der Waals surface area contributed by atoms with E-state index in [4.69, 9.17) is 18.6 Å². The first kappa shape index (κ1) is 16.0. The molecule has 98 valence electrons. The van der Waals surface area contributed by atoms with Crippen molar-refractivity contribution in [2.24, 2.45) is 7.05 Å². The Morgan fingerprint density at radius 2 is 1.76 bits per heavy atom. The first-order valence-corrected chi connectivity index (χ1v) is 7.15. The van der Waals surface area contributed by atoms with Crippen LogP contribution in [0.4, 0.5) is 5.69 Å². The van der Waals surface area contributed by atoms with Crippen LogP contribution in [-0.2, 0) is 17.1 Å². The van der Waals surface area contributed by atoms with Gasteiger partial charge in [-0.2, -0.15) is 0 Å². The van der Waals surface area contributed by atoms with Crippen molar-refractivity contribution in [2.45, 2.75) is 0 Å². The molecule has 0 radical (unpaired) electrons. The van der Waals surface area contributed by atoms with E-state index in [-0.39, 0.29) is 0 Å². The fraction of sp³-hybridized carbons (Fsp3) is 0.286. The SMILES string of the molecule is C[n+]1cccc(NS(C)(=O)=O)c1.[O-][Cl+3]([O-])([O-])[O-]. The largest absolute Gasteiger partial charge is 0.278 e. The lowest BCUT2D eigenvalue weighted by Gasteiger charge is -2.17. The van der Waals surface area contributed by atoms with Gasteiger partial charge in [0, 0.05) is 6.07 Å². The normalized spacial score (nSPS) is 11.4. The molecule has 8 nitrogen and oxygen atoms in total. The second kappa shape index (κ2) is 6.10. The Balaban J connectivity index is 0.000000437. The zero-order chi connectivity index (χ0) is 13.7. The van der Waals surface area contributed by atoms with Gasteiger partial charge in [-0.25, -0.2) is 31.6 Å².